The smallest absolute Gasteiger partial charge is 0.251 e. The normalized spacial score (nSPS) is 20.2. The molecule has 0 aromatic heterocycles. The van der Waals surface area contributed by atoms with E-state index in [1.807, 2.05) is 24.3 Å². The van der Waals surface area contributed by atoms with Crippen molar-refractivity contribution < 1.29 is 9.53 Å². The van der Waals surface area contributed by atoms with E-state index >= 15 is 0 Å². The Hall–Kier alpha value is -2.63. The Morgan fingerprint density at radius 3 is 2.41 bits per heavy atom. The highest BCUT2D eigenvalue weighted by Gasteiger charge is 2.34. The lowest BCUT2D eigenvalue weighted by Crippen LogP contribution is -2.57. The summed E-state index contributed by atoms with van der Waals surface area (Å²) in [5.74, 6) is 0.855. The van der Waals surface area contributed by atoms with E-state index < -0.39 is 0 Å². The Bertz CT molecular complexity index is 939. The minimum absolute atomic E-state index is 0.00166. The van der Waals surface area contributed by atoms with Crippen molar-refractivity contribution in [1.29, 1.82) is 0 Å². The summed E-state index contributed by atoms with van der Waals surface area (Å²) in [5, 5.41) is 3.14. The van der Waals surface area contributed by atoms with Crippen LogP contribution in [0.4, 0.5) is 0 Å². The van der Waals surface area contributed by atoms with Crippen LogP contribution in [0, 0.1) is 0 Å². The number of piperazine rings is 1. The van der Waals surface area contributed by atoms with E-state index in [2.05, 4.69) is 79.7 Å². The lowest BCUT2D eigenvalue weighted by Gasteiger charge is -2.47. The highest BCUT2D eigenvalue weighted by atomic mass is 16.5. The van der Waals surface area contributed by atoms with E-state index in [0.29, 0.717) is 17.6 Å². The predicted octanol–water partition coefficient (Wildman–Crippen LogP) is 5.28. The van der Waals surface area contributed by atoms with Crippen LogP contribution in [0.15, 0.2) is 61.2 Å². The Labute approximate surface area is 205 Å². The molecule has 0 saturated carbocycles. The van der Waals surface area contributed by atoms with Crippen LogP contribution in [0.3, 0.4) is 0 Å². The van der Waals surface area contributed by atoms with Crippen molar-refractivity contribution in [2.75, 3.05) is 26.7 Å². The Kier molecular flexibility index (Phi) is 9.31. The van der Waals surface area contributed by atoms with Gasteiger partial charge in [-0.05, 0) is 62.1 Å². The van der Waals surface area contributed by atoms with Gasteiger partial charge in [0.2, 0.25) is 0 Å². The van der Waals surface area contributed by atoms with Gasteiger partial charge in [0.15, 0.2) is 0 Å². The molecule has 1 fully saturated rings. The van der Waals surface area contributed by atoms with Crippen LogP contribution in [-0.2, 0) is 0 Å². The molecule has 184 valence electrons. The highest BCUT2D eigenvalue weighted by molar-refractivity contribution is 5.94. The van der Waals surface area contributed by atoms with Gasteiger partial charge < -0.3 is 10.1 Å². The standard InChI is InChI=1S/C29H41N3O2/c1-7-17-31-19-22(5)32(20-21(31)4)28(25-11-10-12-27(18-25)34-6)23-13-15-24(16-14-23)29(33)30-26(8-2)9-3/h7,10-16,18,21-22,26,28H,1,8-9,17,19-20H2,2-6H3,(H,30,33)/t21-,22+,28+/m1/s1. The van der Waals surface area contributed by atoms with Crippen LogP contribution >= 0.6 is 0 Å². The number of hydrogen-bond donors (Lipinski definition) is 1. The van der Waals surface area contributed by atoms with Gasteiger partial charge in [0.05, 0.1) is 13.2 Å². The molecular formula is C29H41N3O2. The number of carbonyl (C=O) groups is 1. The molecule has 2 aromatic carbocycles. The Morgan fingerprint density at radius 2 is 1.79 bits per heavy atom. The molecule has 2 aromatic rings. The van der Waals surface area contributed by atoms with Gasteiger partial charge in [0.25, 0.3) is 5.91 Å². The summed E-state index contributed by atoms with van der Waals surface area (Å²) in [6, 6.07) is 17.6. The molecule has 34 heavy (non-hydrogen) atoms. The van der Waals surface area contributed by atoms with Gasteiger partial charge in [-0.2, -0.15) is 0 Å². The minimum Gasteiger partial charge on any atom is -0.497 e. The maximum atomic E-state index is 12.8. The summed E-state index contributed by atoms with van der Waals surface area (Å²) in [7, 11) is 1.71. The van der Waals surface area contributed by atoms with E-state index in [-0.39, 0.29) is 18.0 Å². The van der Waals surface area contributed by atoms with Gasteiger partial charge in [-0.1, -0.05) is 44.2 Å². The molecule has 1 heterocycles. The predicted molar refractivity (Wildman–Crippen MR) is 141 cm³/mol. The molecule has 3 rings (SSSR count). The van der Waals surface area contributed by atoms with Crippen LogP contribution in [0.1, 0.15) is 68.1 Å². The SMILES string of the molecule is C=CCN1C[C@H](C)N([C@@H](c2ccc(C(=O)NC(CC)CC)cc2)c2cccc(OC)c2)C[C@H]1C. The molecule has 0 unspecified atom stereocenters. The first kappa shape index (κ1) is 26.0. The van der Waals surface area contributed by atoms with Crippen LogP contribution in [0.25, 0.3) is 0 Å². The van der Waals surface area contributed by atoms with Crippen molar-refractivity contribution in [3.63, 3.8) is 0 Å². The maximum Gasteiger partial charge on any atom is 0.251 e. The molecule has 0 radical (unpaired) electrons. The van der Waals surface area contributed by atoms with Crippen LogP contribution < -0.4 is 10.1 Å². The second kappa shape index (κ2) is 12.2. The number of ether oxygens (including phenoxy) is 1. The summed E-state index contributed by atoms with van der Waals surface area (Å²) in [4.78, 5) is 17.8. The average molecular weight is 464 g/mol. The van der Waals surface area contributed by atoms with Gasteiger partial charge in [-0.25, -0.2) is 0 Å². The molecule has 1 aliphatic rings. The first-order valence-electron chi connectivity index (χ1n) is 12.6. The van der Waals surface area contributed by atoms with Crippen LogP contribution in [0.2, 0.25) is 0 Å². The van der Waals surface area contributed by atoms with E-state index in [1.54, 1.807) is 7.11 Å². The van der Waals surface area contributed by atoms with Crippen LogP contribution in [0.5, 0.6) is 5.75 Å². The molecule has 5 nitrogen and oxygen atoms in total. The first-order valence-corrected chi connectivity index (χ1v) is 12.6. The lowest BCUT2D eigenvalue weighted by atomic mass is 9.92. The summed E-state index contributed by atoms with van der Waals surface area (Å²) < 4.78 is 5.54. The fourth-order valence-electron chi connectivity index (χ4n) is 4.97. The van der Waals surface area contributed by atoms with Crippen molar-refractivity contribution in [1.82, 2.24) is 15.1 Å². The second-order valence-electron chi connectivity index (χ2n) is 9.43. The van der Waals surface area contributed by atoms with Gasteiger partial charge in [-0.15, -0.1) is 6.58 Å². The van der Waals surface area contributed by atoms with Crippen molar-refractivity contribution in [3.05, 3.63) is 77.9 Å². The van der Waals surface area contributed by atoms with Crippen molar-refractivity contribution in [2.45, 2.75) is 64.7 Å². The highest BCUT2D eigenvalue weighted by Crippen LogP contribution is 2.34. The summed E-state index contributed by atoms with van der Waals surface area (Å²) in [6.07, 6.45) is 3.86. The zero-order chi connectivity index (χ0) is 24.7. The fourth-order valence-corrected chi connectivity index (χ4v) is 4.97. The molecule has 3 atom stereocenters. The zero-order valence-electron chi connectivity index (χ0n) is 21.5. The van der Waals surface area contributed by atoms with Gasteiger partial charge in [0, 0.05) is 43.3 Å². The second-order valence-corrected chi connectivity index (χ2v) is 9.43. The summed E-state index contributed by atoms with van der Waals surface area (Å²) >= 11 is 0. The third kappa shape index (κ3) is 6.08. The molecule has 0 spiro atoms. The molecule has 5 heteroatoms. The Balaban J connectivity index is 1.93. The number of nitrogens with zero attached hydrogens (tertiary/aromatic N) is 2. The fraction of sp³-hybridized carbons (Fsp3) is 0.483. The molecular weight excluding hydrogens is 422 g/mol. The van der Waals surface area contributed by atoms with Crippen molar-refractivity contribution in [2.24, 2.45) is 0 Å². The first-order chi connectivity index (χ1) is 16.4. The number of amides is 1. The summed E-state index contributed by atoms with van der Waals surface area (Å²) in [5.41, 5.74) is 3.09. The van der Waals surface area contributed by atoms with Crippen molar-refractivity contribution in [3.8, 4) is 5.75 Å². The number of benzene rings is 2. The molecule has 0 aliphatic carbocycles. The molecule has 1 N–H and O–H groups in total. The molecule has 1 amide bonds. The van der Waals surface area contributed by atoms with Gasteiger partial charge in [-0.3, -0.25) is 14.6 Å². The minimum atomic E-state index is -0.00166. The monoisotopic (exact) mass is 463 g/mol. The number of carbonyl (C=O) groups excluding carboxylic acids is 1. The third-order valence-corrected chi connectivity index (χ3v) is 7.08. The lowest BCUT2D eigenvalue weighted by molar-refractivity contribution is 0.0306. The quantitative estimate of drug-likeness (QED) is 0.487. The molecule has 1 saturated heterocycles. The number of rotatable bonds is 10. The maximum absolute atomic E-state index is 12.8. The van der Waals surface area contributed by atoms with Crippen LogP contribution in [-0.4, -0.2) is 60.6 Å². The van der Waals surface area contributed by atoms with Gasteiger partial charge in [0.1, 0.15) is 5.75 Å². The van der Waals surface area contributed by atoms with E-state index in [0.717, 1.165) is 38.2 Å². The third-order valence-electron chi connectivity index (χ3n) is 7.08. The summed E-state index contributed by atoms with van der Waals surface area (Å²) in [6.45, 7) is 15.6. The molecule has 1 aliphatic heterocycles. The topological polar surface area (TPSA) is 44.8 Å². The number of methoxy groups -OCH3 is 1. The largest absolute Gasteiger partial charge is 0.497 e. The van der Waals surface area contributed by atoms with Gasteiger partial charge >= 0.3 is 0 Å². The van der Waals surface area contributed by atoms with E-state index in [1.165, 1.54) is 11.1 Å². The van der Waals surface area contributed by atoms with Crippen molar-refractivity contribution >= 4 is 5.91 Å². The van der Waals surface area contributed by atoms with E-state index in [9.17, 15) is 4.79 Å². The number of hydrogen-bond acceptors (Lipinski definition) is 4. The number of nitrogens with one attached hydrogen (secondary N) is 1. The average Bonchev–Trinajstić information content (AvgIpc) is 2.86. The van der Waals surface area contributed by atoms with E-state index in [4.69, 9.17) is 4.74 Å². The zero-order valence-corrected chi connectivity index (χ0v) is 21.5. The molecule has 0 bridgehead atoms. The Morgan fingerprint density at radius 1 is 1.09 bits per heavy atom.